The molecular formula is C9H12FN. The highest BCUT2D eigenvalue weighted by molar-refractivity contribution is 5.40. The number of hydrogen-bond acceptors (Lipinski definition) is 1. The summed E-state index contributed by atoms with van der Waals surface area (Å²) in [5.41, 5.74) is 6.62. The predicted octanol–water partition coefficient (Wildman–Crippen LogP) is 2.36. The third kappa shape index (κ3) is 1.93. The normalized spacial score (nSPS) is 10.0. The van der Waals surface area contributed by atoms with E-state index in [2.05, 4.69) is 0 Å². The van der Waals surface area contributed by atoms with Gasteiger partial charge in [0.25, 0.3) is 0 Å². The lowest BCUT2D eigenvalue weighted by Gasteiger charge is -2.00. The van der Waals surface area contributed by atoms with E-state index < -0.39 is 0 Å². The van der Waals surface area contributed by atoms with Gasteiger partial charge in [-0.25, -0.2) is 4.39 Å². The molecule has 11 heavy (non-hydrogen) atoms. The fraction of sp³-hybridized carbons (Fsp3) is 0.333. The molecule has 0 aromatic heterocycles. The van der Waals surface area contributed by atoms with Gasteiger partial charge in [-0.05, 0) is 24.1 Å². The third-order valence-corrected chi connectivity index (χ3v) is 1.60. The van der Waals surface area contributed by atoms with Crippen LogP contribution in [-0.2, 0) is 6.42 Å². The van der Waals surface area contributed by atoms with Crippen LogP contribution in [0.4, 0.5) is 10.1 Å². The fourth-order valence-electron chi connectivity index (χ4n) is 1.04. The van der Waals surface area contributed by atoms with Gasteiger partial charge in [-0.2, -0.15) is 0 Å². The Bertz CT molecular complexity index is 245. The van der Waals surface area contributed by atoms with Crippen LogP contribution in [0.3, 0.4) is 0 Å². The average Bonchev–Trinajstić information content (AvgIpc) is 1.95. The highest BCUT2D eigenvalue weighted by Crippen LogP contribution is 2.12. The SMILES string of the molecule is CCCc1ccc(N)cc1F. The maximum absolute atomic E-state index is 13.0. The largest absolute Gasteiger partial charge is 0.399 e. The molecule has 0 amide bonds. The molecule has 1 rings (SSSR count). The number of hydrogen-bond donors (Lipinski definition) is 1. The Morgan fingerprint density at radius 1 is 1.45 bits per heavy atom. The molecule has 0 atom stereocenters. The number of halogens is 1. The van der Waals surface area contributed by atoms with Crippen LogP contribution in [0.15, 0.2) is 18.2 Å². The van der Waals surface area contributed by atoms with Gasteiger partial charge in [0.2, 0.25) is 0 Å². The lowest BCUT2D eigenvalue weighted by molar-refractivity contribution is 0.608. The molecule has 0 bridgehead atoms. The Hall–Kier alpha value is -1.05. The highest BCUT2D eigenvalue weighted by atomic mass is 19.1. The van der Waals surface area contributed by atoms with E-state index in [4.69, 9.17) is 5.73 Å². The van der Waals surface area contributed by atoms with Crippen molar-refractivity contribution < 1.29 is 4.39 Å². The van der Waals surface area contributed by atoms with Gasteiger partial charge >= 0.3 is 0 Å². The first-order chi connectivity index (χ1) is 5.24. The van der Waals surface area contributed by atoms with Gasteiger partial charge in [-0.1, -0.05) is 19.4 Å². The van der Waals surface area contributed by atoms with Gasteiger partial charge in [-0.3, -0.25) is 0 Å². The highest BCUT2D eigenvalue weighted by Gasteiger charge is 1.99. The van der Waals surface area contributed by atoms with E-state index in [9.17, 15) is 4.39 Å². The van der Waals surface area contributed by atoms with Crippen LogP contribution >= 0.6 is 0 Å². The summed E-state index contributed by atoms with van der Waals surface area (Å²) in [5.74, 6) is -0.188. The van der Waals surface area contributed by atoms with E-state index in [0.29, 0.717) is 5.69 Å². The Morgan fingerprint density at radius 3 is 2.73 bits per heavy atom. The van der Waals surface area contributed by atoms with Crippen molar-refractivity contribution in [3.63, 3.8) is 0 Å². The van der Waals surface area contributed by atoms with Crippen molar-refractivity contribution >= 4 is 5.69 Å². The predicted molar refractivity (Wildman–Crippen MR) is 44.8 cm³/mol. The second kappa shape index (κ2) is 3.37. The second-order valence-corrected chi connectivity index (χ2v) is 2.60. The van der Waals surface area contributed by atoms with Gasteiger partial charge < -0.3 is 5.73 Å². The van der Waals surface area contributed by atoms with Crippen LogP contribution < -0.4 is 5.73 Å². The van der Waals surface area contributed by atoms with Crippen molar-refractivity contribution in [1.29, 1.82) is 0 Å². The first-order valence-corrected chi connectivity index (χ1v) is 3.78. The van der Waals surface area contributed by atoms with Crippen molar-refractivity contribution in [2.24, 2.45) is 0 Å². The molecule has 0 aliphatic heterocycles. The van der Waals surface area contributed by atoms with Crippen molar-refractivity contribution in [3.05, 3.63) is 29.6 Å². The minimum atomic E-state index is -0.188. The molecule has 0 fully saturated rings. The summed E-state index contributed by atoms with van der Waals surface area (Å²) < 4.78 is 13.0. The van der Waals surface area contributed by atoms with Crippen molar-refractivity contribution in [1.82, 2.24) is 0 Å². The van der Waals surface area contributed by atoms with Gasteiger partial charge in [0.1, 0.15) is 5.82 Å². The summed E-state index contributed by atoms with van der Waals surface area (Å²) in [5, 5.41) is 0. The van der Waals surface area contributed by atoms with Gasteiger partial charge in [0.15, 0.2) is 0 Å². The van der Waals surface area contributed by atoms with Crippen LogP contribution in [0.25, 0.3) is 0 Å². The lowest BCUT2D eigenvalue weighted by Crippen LogP contribution is -1.92. The summed E-state index contributed by atoms with van der Waals surface area (Å²) >= 11 is 0. The van der Waals surface area contributed by atoms with Gasteiger partial charge in [-0.15, -0.1) is 0 Å². The molecule has 2 N–H and O–H groups in total. The van der Waals surface area contributed by atoms with Crippen LogP contribution in [0.1, 0.15) is 18.9 Å². The molecular weight excluding hydrogens is 141 g/mol. The number of nitrogen functional groups attached to an aromatic ring is 1. The first kappa shape index (κ1) is 8.05. The minimum Gasteiger partial charge on any atom is -0.399 e. The number of anilines is 1. The standard InChI is InChI=1S/C9H12FN/c1-2-3-7-4-5-8(11)6-9(7)10/h4-6H,2-3,11H2,1H3. The number of nitrogens with two attached hydrogens (primary N) is 1. The first-order valence-electron chi connectivity index (χ1n) is 3.78. The molecule has 0 unspecified atom stereocenters. The van der Waals surface area contributed by atoms with E-state index in [1.54, 1.807) is 12.1 Å². The maximum atomic E-state index is 13.0. The van der Waals surface area contributed by atoms with E-state index in [1.807, 2.05) is 6.92 Å². The minimum absolute atomic E-state index is 0.188. The van der Waals surface area contributed by atoms with Crippen molar-refractivity contribution in [2.45, 2.75) is 19.8 Å². The second-order valence-electron chi connectivity index (χ2n) is 2.60. The van der Waals surface area contributed by atoms with E-state index in [1.165, 1.54) is 6.07 Å². The lowest BCUT2D eigenvalue weighted by atomic mass is 10.1. The fourth-order valence-corrected chi connectivity index (χ4v) is 1.04. The number of aryl methyl sites for hydroxylation is 1. The van der Waals surface area contributed by atoms with Crippen LogP contribution in [0.2, 0.25) is 0 Å². The average molecular weight is 153 g/mol. The summed E-state index contributed by atoms with van der Waals surface area (Å²) in [7, 11) is 0. The summed E-state index contributed by atoms with van der Waals surface area (Å²) in [6.07, 6.45) is 1.74. The number of rotatable bonds is 2. The quantitative estimate of drug-likeness (QED) is 0.648. The van der Waals surface area contributed by atoms with Crippen molar-refractivity contribution in [3.8, 4) is 0 Å². The molecule has 1 nitrogen and oxygen atoms in total. The van der Waals surface area contributed by atoms with Crippen LogP contribution in [0, 0.1) is 5.82 Å². The molecule has 0 saturated heterocycles. The van der Waals surface area contributed by atoms with Crippen LogP contribution in [-0.4, -0.2) is 0 Å². The molecule has 1 aromatic carbocycles. The topological polar surface area (TPSA) is 26.0 Å². The zero-order valence-electron chi connectivity index (χ0n) is 6.60. The molecule has 0 heterocycles. The van der Waals surface area contributed by atoms with E-state index in [-0.39, 0.29) is 5.82 Å². The summed E-state index contributed by atoms with van der Waals surface area (Å²) in [4.78, 5) is 0. The maximum Gasteiger partial charge on any atom is 0.128 e. The number of benzene rings is 1. The summed E-state index contributed by atoms with van der Waals surface area (Å²) in [6, 6.07) is 4.84. The molecule has 0 aliphatic carbocycles. The van der Waals surface area contributed by atoms with Gasteiger partial charge in [0.05, 0.1) is 0 Å². The Morgan fingerprint density at radius 2 is 2.18 bits per heavy atom. The molecule has 0 radical (unpaired) electrons. The summed E-state index contributed by atoms with van der Waals surface area (Å²) in [6.45, 7) is 2.02. The van der Waals surface area contributed by atoms with E-state index in [0.717, 1.165) is 18.4 Å². The van der Waals surface area contributed by atoms with E-state index >= 15 is 0 Å². The molecule has 60 valence electrons. The zero-order chi connectivity index (χ0) is 8.27. The molecule has 0 aliphatic rings. The molecule has 2 heteroatoms. The zero-order valence-corrected chi connectivity index (χ0v) is 6.60. The smallest absolute Gasteiger partial charge is 0.128 e. The Kier molecular flexibility index (Phi) is 2.47. The Balaban J connectivity index is 2.90. The third-order valence-electron chi connectivity index (χ3n) is 1.60. The van der Waals surface area contributed by atoms with Crippen LogP contribution in [0.5, 0.6) is 0 Å². The molecule has 0 spiro atoms. The van der Waals surface area contributed by atoms with Gasteiger partial charge in [0, 0.05) is 5.69 Å². The van der Waals surface area contributed by atoms with Crippen molar-refractivity contribution in [2.75, 3.05) is 5.73 Å². The Labute approximate surface area is 66.0 Å². The molecule has 0 saturated carbocycles. The monoisotopic (exact) mass is 153 g/mol. The molecule has 1 aromatic rings.